The van der Waals surface area contributed by atoms with Gasteiger partial charge in [-0.05, 0) is 35.9 Å². The molecule has 1 aliphatic rings. The van der Waals surface area contributed by atoms with Crippen LogP contribution in [0.2, 0.25) is 0 Å². The first-order valence-corrected chi connectivity index (χ1v) is 7.93. The van der Waals surface area contributed by atoms with Gasteiger partial charge < -0.3 is 25.2 Å². The van der Waals surface area contributed by atoms with Crippen molar-refractivity contribution in [1.29, 1.82) is 5.26 Å². The smallest absolute Gasteiger partial charge is 0.335 e. The summed E-state index contributed by atoms with van der Waals surface area (Å²) in [5.41, 5.74) is 1.20. The molecule has 0 radical (unpaired) electrons. The Hall–Kier alpha value is -3.99. The molecular formula is C19H15N3O5. The lowest BCUT2D eigenvalue weighted by molar-refractivity contribution is -0.117. The van der Waals surface area contributed by atoms with Crippen LogP contribution in [0.4, 0.5) is 5.69 Å². The standard InChI is InChI=1S/C19H15N3O5/c20-8-14(10-21-15-3-1-2-13(7-15)19(24)25)18(23)22-9-12-4-5-16-17(6-12)27-11-26-16/h1-7,10,21H,9,11H2,(H,22,23)(H,24,25)/b14-10-. The summed E-state index contributed by atoms with van der Waals surface area (Å²) in [5, 5.41) is 23.6. The van der Waals surface area contributed by atoms with Crippen LogP contribution < -0.4 is 20.1 Å². The predicted octanol–water partition coefficient (Wildman–Crippen LogP) is 2.25. The maximum absolute atomic E-state index is 12.2. The summed E-state index contributed by atoms with van der Waals surface area (Å²) in [4.78, 5) is 23.2. The molecule has 1 amide bonds. The van der Waals surface area contributed by atoms with Crippen molar-refractivity contribution < 1.29 is 24.2 Å². The molecule has 2 aromatic rings. The Kier molecular flexibility index (Phi) is 5.23. The highest BCUT2D eigenvalue weighted by Gasteiger charge is 2.14. The molecule has 136 valence electrons. The van der Waals surface area contributed by atoms with Crippen molar-refractivity contribution >= 4 is 17.6 Å². The minimum atomic E-state index is -1.07. The van der Waals surface area contributed by atoms with Crippen LogP contribution in [0.15, 0.2) is 54.2 Å². The zero-order valence-corrected chi connectivity index (χ0v) is 14.1. The molecular weight excluding hydrogens is 350 g/mol. The van der Waals surface area contributed by atoms with Gasteiger partial charge in [0.2, 0.25) is 6.79 Å². The van der Waals surface area contributed by atoms with Crippen molar-refractivity contribution in [2.75, 3.05) is 12.1 Å². The number of benzene rings is 2. The molecule has 1 aliphatic heterocycles. The molecule has 2 aromatic carbocycles. The summed E-state index contributed by atoms with van der Waals surface area (Å²) >= 11 is 0. The second kappa shape index (κ2) is 7.93. The number of aromatic carboxylic acids is 1. The van der Waals surface area contributed by atoms with Gasteiger partial charge in [0, 0.05) is 18.4 Å². The van der Waals surface area contributed by atoms with Gasteiger partial charge in [0.05, 0.1) is 5.56 Å². The van der Waals surface area contributed by atoms with E-state index >= 15 is 0 Å². The van der Waals surface area contributed by atoms with Gasteiger partial charge in [-0.15, -0.1) is 0 Å². The summed E-state index contributed by atoms with van der Waals surface area (Å²) in [5.74, 6) is -0.366. The number of ether oxygens (including phenoxy) is 2. The Morgan fingerprint density at radius 1 is 1.19 bits per heavy atom. The van der Waals surface area contributed by atoms with E-state index in [0.717, 1.165) is 5.56 Å². The molecule has 8 heteroatoms. The third-order valence-corrected chi connectivity index (χ3v) is 3.75. The van der Waals surface area contributed by atoms with Crippen LogP contribution in [-0.2, 0) is 11.3 Å². The lowest BCUT2D eigenvalue weighted by Crippen LogP contribution is -2.24. The lowest BCUT2D eigenvalue weighted by atomic mass is 10.2. The fraction of sp³-hybridized carbons (Fsp3) is 0.105. The van der Waals surface area contributed by atoms with Gasteiger partial charge in [0.1, 0.15) is 11.6 Å². The van der Waals surface area contributed by atoms with Gasteiger partial charge in [-0.25, -0.2) is 4.79 Å². The third kappa shape index (κ3) is 4.35. The van der Waals surface area contributed by atoms with Crippen molar-refractivity contribution in [3.05, 3.63) is 65.4 Å². The maximum atomic E-state index is 12.2. The van der Waals surface area contributed by atoms with E-state index in [1.165, 1.54) is 18.3 Å². The van der Waals surface area contributed by atoms with Crippen LogP contribution in [0.1, 0.15) is 15.9 Å². The van der Waals surface area contributed by atoms with E-state index < -0.39 is 11.9 Å². The van der Waals surface area contributed by atoms with Gasteiger partial charge in [-0.2, -0.15) is 5.26 Å². The molecule has 0 aliphatic carbocycles. The number of carbonyl (C=O) groups is 2. The van der Waals surface area contributed by atoms with E-state index in [0.29, 0.717) is 17.2 Å². The van der Waals surface area contributed by atoms with Crippen LogP contribution in [0, 0.1) is 11.3 Å². The van der Waals surface area contributed by atoms with Crippen molar-refractivity contribution in [3.8, 4) is 17.6 Å². The van der Waals surface area contributed by atoms with Gasteiger partial charge in [-0.3, -0.25) is 4.79 Å². The highest BCUT2D eigenvalue weighted by molar-refractivity contribution is 5.97. The zero-order valence-electron chi connectivity index (χ0n) is 14.1. The number of carboxylic acid groups (broad SMARTS) is 1. The average molecular weight is 365 g/mol. The second-order valence-corrected chi connectivity index (χ2v) is 5.57. The molecule has 3 rings (SSSR count). The van der Waals surface area contributed by atoms with E-state index in [1.54, 1.807) is 30.3 Å². The first-order chi connectivity index (χ1) is 13.1. The number of carbonyl (C=O) groups excluding carboxylic acids is 1. The summed E-state index contributed by atoms with van der Waals surface area (Å²) in [6, 6.07) is 13.1. The number of anilines is 1. The topological polar surface area (TPSA) is 121 Å². The Balaban J connectivity index is 1.62. The normalized spacial score (nSPS) is 12.2. The fourth-order valence-electron chi connectivity index (χ4n) is 2.37. The molecule has 0 saturated carbocycles. The first-order valence-electron chi connectivity index (χ1n) is 7.93. The number of rotatable bonds is 6. The number of nitrogens with zero attached hydrogens (tertiary/aromatic N) is 1. The average Bonchev–Trinajstić information content (AvgIpc) is 3.15. The Bertz CT molecular complexity index is 962. The molecule has 0 spiro atoms. The summed E-state index contributed by atoms with van der Waals surface area (Å²) in [6.07, 6.45) is 1.23. The largest absolute Gasteiger partial charge is 0.478 e. The van der Waals surface area contributed by atoms with E-state index in [4.69, 9.17) is 14.6 Å². The number of carboxylic acids is 1. The molecule has 0 aromatic heterocycles. The highest BCUT2D eigenvalue weighted by Crippen LogP contribution is 2.32. The second-order valence-electron chi connectivity index (χ2n) is 5.57. The quantitative estimate of drug-likeness (QED) is 0.530. The molecule has 0 atom stereocenters. The van der Waals surface area contributed by atoms with Crippen LogP contribution in [0.25, 0.3) is 0 Å². The summed E-state index contributed by atoms with van der Waals surface area (Å²) in [7, 11) is 0. The van der Waals surface area contributed by atoms with Gasteiger partial charge >= 0.3 is 5.97 Å². The first kappa shape index (κ1) is 17.8. The van der Waals surface area contributed by atoms with E-state index in [1.807, 2.05) is 6.07 Å². The third-order valence-electron chi connectivity index (χ3n) is 3.75. The molecule has 0 saturated heterocycles. The molecule has 0 fully saturated rings. The number of hydrogen-bond acceptors (Lipinski definition) is 6. The minimum absolute atomic E-state index is 0.0965. The number of hydrogen-bond donors (Lipinski definition) is 3. The van der Waals surface area contributed by atoms with Crippen LogP contribution >= 0.6 is 0 Å². The van der Waals surface area contributed by atoms with E-state index in [-0.39, 0.29) is 24.5 Å². The lowest BCUT2D eigenvalue weighted by Gasteiger charge is -2.07. The fourth-order valence-corrected chi connectivity index (χ4v) is 2.37. The van der Waals surface area contributed by atoms with Gasteiger partial charge in [0.15, 0.2) is 11.5 Å². The van der Waals surface area contributed by atoms with E-state index in [2.05, 4.69) is 10.6 Å². The molecule has 1 heterocycles. The van der Waals surface area contributed by atoms with Crippen molar-refractivity contribution in [3.63, 3.8) is 0 Å². The summed E-state index contributed by atoms with van der Waals surface area (Å²) < 4.78 is 10.5. The number of fused-ring (bicyclic) bond motifs is 1. The van der Waals surface area contributed by atoms with Crippen LogP contribution in [-0.4, -0.2) is 23.8 Å². The molecule has 8 nitrogen and oxygen atoms in total. The molecule has 0 unspecified atom stereocenters. The van der Waals surface area contributed by atoms with Crippen LogP contribution in [0.3, 0.4) is 0 Å². The predicted molar refractivity (Wildman–Crippen MR) is 95.1 cm³/mol. The summed E-state index contributed by atoms with van der Waals surface area (Å²) in [6.45, 7) is 0.379. The van der Waals surface area contributed by atoms with Crippen LogP contribution in [0.5, 0.6) is 11.5 Å². The Morgan fingerprint density at radius 2 is 2.00 bits per heavy atom. The molecule has 27 heavy (non-hydrogen) atoms. The number of nitrogens with one attached hydrogen (secondary N) is 2. The molecule has 0 bridgehead atoms. The van der Waals surface area contributed by atoms with Gasteiger partial charge in [0.25, 0.3) is 5.91 Å². The Morgan fingerprint density at radius 3 is 2.78 bits per heavy atom. The van der Waals surface area contributed by atoms with Crippen molar-refractivity contribution in [2.24, 2.45) is 0 Å². The van der Waals surface area contributed by atoms with E-state index in [9.17, 15) is 14.9 Å². The number of amides is 1. The highest BCUT2D eigenvalue weighted by atomic mass is 16.7. The molecule has 3 N–H and O–H groups in total. The van der Waals surface area contributed by atoms with Crippen molar-refractivity contribution in [2.45, 2.75) is 6.54 Å². The minimum Gasteiger partial charge on any atom is -0.478 e. The zero-order chi connectivity index (χ0) is 19.2. The SMILES string of the molecule is N#C/C(=C/Nc1cccc(C(=O)O)c1)C(=O)NCc1ccc2c(c1)OCO2. The number of nitriles is 1. The maximum Gasteiger partial charge on any atom is 0.335 e. The van der Waals surface area contributed by atoms with Crippen molar-refractivity contribution in [1.82, 2.24) is 5.32 Å². The monoisotopic (exact) mass is 365 g/mol. The Labute approximate surface area is 154 Å². The van der Waals surface area contributed by atoms with Gasteiger partial charge in [-0.1, -0.05) is 12.1 Å².